The maximum Gasteiger partial charge on any atom is 0.264 e. The van der Waals surface area contributed by atoms with Crippen molar-refractivity contribution in [2.24, 2.45) is 0 Å². The monoisotopic (exact) mass is 541 g/mol. The minimum absolute atomic E-state index is 0.295. The summed E-state index contributed by atoms with van der Waals surface area (Å²) in [4.78, 5) is 28.1. The molecule has 0 saturated carbocycles. The van der Waals surface area contributed by atoms with E-state index in [0.29, 0.717) is 23.4 Å². The van der Waals surface area contributed by atoms with Crippen molar-refractivity contribution < 1.29 is 14.7 Å². The van der Waals surface area contributed by atoms with E-state index in [9.17, 15) is 14.7 Å². The molecule has 31 heavy (non-hydrogen) atoms. The number of carbonyl (C=O) groups is 2. The van der Waals surface area contributed by atoms with E-state index < -0.39 is 11.5 Å². The Kier molecular flexibility index (Phi) is 5.90. The molecule has 0 aromatic heterocycles. The normalized spacial score (nSPS) is 17.7. The molecule has 1 amide bonds. The number of hydrogen-bond donors (Lipinski definition) is 1. The van der Waals surface area contributed by atoms with Crippen molar-refractivity contribution in [2.75, 3.05) is 4.90 Å². The quantitative estimate of drug-likeness (QED) is 0.412. The topological polar surface area (TPSA) is 57.6 Å². The fourth-order valence-corrected chi connectivity index (χ4v) is 4.75. The van der Waals surface area contributed by atoms with Crippen LogP contribution in [-0.2, 0) is 16.9 Å². The molecule has 0 aliphatic carbocycles. The van der Waals surface area contributed by atoms with Crippen molar-refractivity contribution in [3.8, 4) is 0 Å². The van der Waals surface area contributed by atoms with Gasteiger partial charge in [0.05, 0.1) is 18.7 Å². The zero-order valence-electron chi connectivity index (χ0n) is 17.2. The standard InChI is InChI=1S/C25H21Br2NO3/c1-15-6-7-16(2)18(10-15)14-28-22-9-8-20(27)12-21(22)25(31,24(28)30)13-23(29)17-4-3-5-19(26)11-17/h3-12,31H,13-14H2,1-2H3/t25-/m0/s1. The van der Waals surface area contributed by atoms with Gasteiger partial charge >= 0.3 is 0 Å². The molecule has 1 aliphatic heterocycles. The van der Waals surface area contributed by atoms with Crippen molar-refractivity contribution in [3.05, 3.63) is 97.4 Å². The van der Waals surface area contributed by atoms with Crippen LogP contribution in [0.4, 0.5) is 5.69 Å². The summed E-state index contributed by atoms with van der Waals surface area (Å²) in [5.74, 6) is -0.776. The van der Waals surface area contributed by atoms with Gasteiger partial charge in [-0.25, -0.2) is 0 Å². The van der Waals surface area contributed by atoms with Crippen LogP contribution in [0.25, 0.3) is 0 Å². The zero-order valence-corrected chi connectivity index (χ0v) is 20.3. The van der Waals surface area contributed by atoms with Crippen LogP contribution >= 0.6 is 31.9 Å². The van der Waals surface area contributed by atoms with Crippen LogP contribution in [-0.4, -0.2) is 16.8 Å². The van der Waals surface area contributed by atoms with E-state index in [1.54, 1.807) is 29.2 Å². The van der Waals surface area contributed by atoms with E-state index in [4.69, 9.17) is 0 Å². The van der Waals surface area contributed by atoms with Crippen LogP contribution in [0.15, 0.2) is 69.6 Å². The van der Waals surface area contributed by atoms with Gasteiger partial charge in [-0.3, -0.25) is 9.59 Å². The van der Waals surface area contributed by atoms with Gasteiger partial charge in [-0.05, 0) is 55.3 Å². The van der Waals surface area contributed by atoms with Gasteiger partial charge in [0.1, 0.15) is 0 Å². The highest BCUT2D eigenvalue weighted by atomic mass is 79.9. The Bertz CT molecular complexity index is 1210. The maximum absolute atomic E-state index is 13.5. The predicted molar refractivity (Wildman–Crippen MR) is 128 cm³/mol. The fraction of sp³-hybridized carbons (Fsp3) is 0.200. The van der Waals surface area contributed by atoms with Gasteiger partial charge in [-0.1, -0.05) is 67.8 Å². The van der Waals surface area contributed by atoms with Gasteiger partial charge < -0.3 is 10.0 Å². The average molecular weight is 543 g/mol. The van der Waals surface area contributed by atoms with E-state index in [0.717, 1.165) is 25.6 Å². The number of carbonyl (C=O) groups excluding carboxylic acids is 2. The van der Waals surface area contributed by atoms with Crippen molar-refractivity contribution in [1.29, 1.82) is 0 Å². The number of ketones is 1. The number of anilines is 1. The molecule has 1 N–H and O–H groups in total. The summed E-state index contributed by atoms with van der Waals surface area (Å²) in [5, 5.41) is 11.6. The molecule has 0 saturated heterocycles. The van der Waals surface area contributed by atoms with Crippen LogP contribution < -0.4 is 4.90 Å². The molecule has 3 aromatic carbocycles. The number of aliphatic hydroxyl groups is 1. The molecule has 1 atom stereocenters. The summed E-state index contributed by atoms with van der Waals surface area (Å²) < 4.78 is 1.50. The summed E-state index contributed by atoms with van der Waals surface area (Å²) in [5.41, 5.74) is 2.76. The number of Topliss-reactive ketones (excluding diaryl/α,β-unsaturated/α-hetero) is 1. The zero-order chi connectivity index (χ0) is 22.3. The van der Waals surface area contributed by atoms with Crippen LogP contribution in [0.3, 0.4) is 0 Å². The number of fused-ring (bicyclic) bond motifs is 1. The minimum atomic E-state index is -1.92. The number of hydrogen-bond acceptors (Lipinski definition) is 3. The largest absolute Gasteiger partial charge is 0.375 e. The van der Waals surface area contributed by atoms with Crippen molar-refractivity contribution in [3.63, 3.8) is 0 Å². The molecule has 0 radical (unpaired) electrons. The second-order valence-corrected chi connectivity index (χ2v) is 9.78. The molecule has 1 heterocycles. The Hall–Kier alpha value is -2.28. The lowest BCUT2D eigenvalue weighted by Gasteiger charge is -2.23. The molecule has 3 aromatic rings. The first-order valence-corrected chi connectivity index (χ1v) is 11.5. The second kappa shape index (κ2) is 8.34. The van der Waals surface area contributed by atoms with E-state index in [1.165, 1.54) is 0 Å². The van der Waals surface area contributed by atoms with Gasteiger partial charge in [-0.2, -0.15) is 0 Å². The molecule has 0 bridgehead atoms. The Morgan fingerprint density at radius 1 is 1.00 bits per heavy atom. The van der Waals surface area contributed by atoms with E-state index >= 15 is 0 Å². The lowest BCUT2D eigenvalue weighted by atomic mass is 9.88. The summed E-state index contributed by atoms with van der Waals surface area (Å²) in [6.07, 6.45) is -0.324. The molecular weight excluding hydrogens is 522 g/mol. The number of halogens is 2. The van der Waals surface area contributed by atoms with E-state index in [-0.39, 0.29) is 12.2 Å². The third-order valence-corrected chi connectivity index (χ3v) is 6.68. The van der Waals surface area contributed by atoms with E-state index in [1.807, 2.05) is 50.2 Å². The number of rotatable bonds is 5. The Balaban J connectivity index is 1.74. The first-order chi connectivity index (χ1) is 14.7. The van der Waals surface area contributed by atoms with Gasteiger partial charge in [0.25, 0.3) is 5.91 Å². The highest BCUT2D eigenvalue weighted by Gasteiger charge is 2.51. The van der Waals surface area contributed by atoms with Crippen molar-refractivity contribution in [1.82, 2.24) is 0 Å². The molecular formula is C25H21Br2NO3. The van der Waals surface area contributed by atoms with Gasteiger partial charge in [0.15, 0.2) is 11.4 Å². The molecule has 6 heteroatoms. The third-order valence-electron chi connectivity index (χ3n) is 5.69. The summed E-state index contributed by atoms with van der Waals surface area (Å²) in [7, 11) is 0. The number of benzene rings is 3. The highest BCUT2D eigenvalue weighted by Crippen LogP contribution is 2.45. The van der Waals surface area contributed by atoms with Crippen molar-refractivity contribution >= 4 is 49.2 Å². The highest BCUT2D eigenvalue weighted by molar-refractivity contribution is 9.10. The van der Waals surface area contributed by atoms with E-state index in [2.05, 4.69) is 31.9 Å². The summed E-state index contributed by atoms with van der Waals surface area (Å²) >= 11 is 6.80. The SMILES string of the molecule is Cc1ccc(C)c(CN2C(=O)[C@](O)(CC(=O)c3cccc(Br)c3)c3cc(Br)ccc32)c1. The lowest BCUT2D eigenvalue weighted by Crippen LogP contribution is -2.41. The van der Waals surface area contributed by atoms with Crippen LogP contribution in [0.1, 0.15) is 39.0 Å². The molecule has 158 valence electrons. The van der Waals surface area contributed by atoms with Crippen LogP contribution in [0, 0.1) is 13.8 Å². The molecule has 0 spiro atoms. The maximum atomic E-state index is 13.5. The Labute approximate surface area is 198 Å². The third kappa shape index (κ3) is 4.12. The summed E-state index contributed by atoms with van der Waals surface area (Å²) in [6, 6.07) is 18.4. The first kappa shape index (κ1) is 21.9. The average Bonchev–Trinajstić information content (AvgIpc) is 2.92. The summed E-state index contributed by atoms with van der Waals surface area (Å²) in [6.45, 7) is 4.34. The minimum Gasteiger partial charge on any atom is -0.375 e. The molecule has 0 unspecified atom stereocenters. The molecule has 4 rings (SSSR count). The van der Waals surface area contributed by atoms with Gasteiger partial charge in [0.2, 0.25) is 0 Å². The van der Waals surface area contributed by atoms with Gasteiger partial charge in [-0.15, -0.1) is 0 Å². The van der Waals surface area contributed by atoms with Crippen LogP contribution in [0.2, 0.25) is 0 Å². The fourth-order valence-electron chi connectivity index (χ4n) is 3.99. The predicted octanol–water partition coefficient (Wildman–Crippen LogP) is 5.84. The lowest BCUT2D eigenvalue weighted by molar-refractivity contribution is -0.136. The molecule has 0 fully saturated rings. The van der Waals surface area contributed by atoms with Gasteiger partial charge in [0, 0.05) is 20.1 Å². The first-order valence-electron chi connectivity index (χ1n) is 9.88. The number of amides is 1. The van der Waals surface area contributed by atoms with Crippen molar-refractivity contribution in [2.45, 2.75) is 32.4 Å². The molecule has 1 aliphatic rings. The number of nitrogens with zero attached hydrogens (tertiary/aromatic N) is 1. The number of aryl methyl sites for hydroxylation is 2. The van der Waals surface area contributed by atoms with Crippen LogP contribution in [0.5, 0.6) is 0 Å². The smallest absolute Gasteiger partial charge is 0.264 e. The second-order valence-electron chi connectivity index (χ2n) is 7.95. The Morgan fingerprint density at radius 3 is 2.48 bits per heavy atom. The molecule has 4 nitrogen and oxygen atoms in total. The Morgan fingerprint density at radius 2 is 1.74 bits per heavy atom.